The number of carbonyl (C=O) groups excluding carboxylic acids is 1. The molecule has 19 heavy (non-hydrogen) atoms. The predicted octanol–water partition coefficient (Wildman–Crippen LogP) is 1.71. The number of amides is 1. The number of likely N-dealkylation sites (N-methyl/N-ethyl adjacent to an activating group) is 1. The molecule has 0 spiro atoms. The van der Waals surface area contributed by atoms with Crippen molar-refractivity contribution in [2.45, 2.75) is 6.04 Å². The van der Waals surface area contributed by atoms with Gasteiger partial charge < -0.3 is 10.2 Å². The molecule has 6 nitrogen and oxygen atoms in total. The number of hydrogen-bond donors (Lipinski definition) is 1. The Hall–Kier alpha value is -1.37. The van der Waals surface area contributed by atoms with Gasteiger partial charge in [0, 0.05) is 42.9 Å². The number of benzene rings is 1. The first-order valence-corrected chi connectivity index (χ1v) is 5.79. The molecule has 104 valence electrons. The van der Waals surface area contributed by atoms with E-state index in [1.807, 2.05) is 0 Å². The Kier molecular flexibility index (Phi) is 5.11. The quantitative estimate of drug-likeness (QED) is 0.681. The number of rotatable bonds is 3. The van der Waals surface area contributed by atoms with Crippen molar-refractivity contribution in [1.29, 1.82) is 0 Å². The first kappa shape index (κ1) is 15.7. The van der Waals surface area contributed by atoms with Crippen LogP contribution in [0.5, 0.6) is 0 Å². The van der Waals surface area contributed by atoms with Gasteiger partial charge in [0.25, 0.3) is 11.6 Å². The molecule has 0 aromatic heterocycles. The maximum Gasteiger partial charge on any atom is 0.271 e. The number of nitrogens with zero attached hydrogens (tertiary/aromatic N) is 2. The number of nitrogens with one attached hydrogen (secondary N) is 1. The Balaban J connectivity index is 0.00000180. The molecule has 1 heterocycles. The molecular formula is C11H13Cl2N3O3. The topological polar surface area (TPSA) is 75.5 Å². The molecule has 1 N–H and O–H groups in total. The highest BCUT2D eigenvalue weighted by Crippen LogP contribution is 2.22. The number of nitro benzene ring substituents is 1. The van der Waals surface area contributed by atoms with E-state index in [-0.39, 0.29) is 40.6 Å². The lowest BCUT2D eigenvalue weighted by Crippen LogP contribution is -2.57. The van der Waals surface area contributed by atoms with Crippen LogP contribution in [0.3, 0.4) is 0 Å². The van der Waals surface area contributed by atoms with Gasteiger partial charge in [-0.1, -0.05) is 11.6 Å². The standard InChI is InChI=1S/C11H12ClN3O3.ClH/c1-14(10-5-13-6-10)11(16)7-2-8(12)4-9(3-7)15(17)18;/h2-4,10,13H,5-6H2,1H3;1H. The lowest BCUT2D eigenvalue weighted by molar-refractivity contribution is -0.384. The third kappa shape index (κ3) is 3.34. The van der Waals surface area contributed by atoms with Gasteiger partial charge in [-0.2, -0.15) is 0 Å². The molecular weight excluding hydrogens is 293 g/mol. The lowest BCUT2D eigenvalue weighted by atomic mass is 10.1. The zero-order chi connectivity index (χ0) is 13.3. The van der Waals surface area contributed by atoms with Crippen molar-refractivity contribution >= 4 is 35.6 Å². The second-order valence-electron chi connectivity index (χ2n) is 4.18. The second kappa shape index (κ2) is 6.18. The molecule has 1 aromatic rings. The molecule has 1 saturated heterocycles. The van der Waals surface area contributed by atoms with E-state index >= 15 is 0 Å². The van der Waals surface area contributed by atoms with Gasteiger partial charge in [0.2, 0.25) is 0 Å². The van der Waals surface area contributed by atoms with Crippen LogP contribution in [-0.2, 0) is 0 Å². The molecule has 8 heteroatoms. The Morgan fingerprint density at radius 2 is 2.11 bits per heavy atom. The van der Waals surface area contributed by atoms with Crippen molar-refractivity contribution < 1.29 is 9.72 Å². The summed E-state index contributed by atoms with van der Waals surface area (Å²) in [5.41, 5.74) is 0.0644. The van der Waals surface area contributed by atoms with Crippen LogP contribution in [0.2, 0.25) is 5.02 Å². The SMILES string of the molecule is CN(C(=O)c1cc(Cl)cc([N+](=O)[O-])c1)C1CNC1.Cl. The van der Waals surface area contributed by atoms with Gasteiger partial charge in [0.1, 0.15) is 0 Å². The summed E-state index contributed by atoms with van der Waals surface area (Å²) in [4.78, 5) is 23.8. The van der Waals surface area contributed by atoms with Crippen LogP contribution < -0.4 is 5.32 Å². The first-order valence-electron chi connectivity index (χ1n) is 5.42. The highest BCUT2D eigenvalue weighted by molar-refractivity contribution is 6.31. The minimum atomic E-state index is -0.562. The third-order valence-corrected chi connectivity index (χ3v) is 3.19. The summed E-state index contributed by atoms with van der Waals surface area (Å²) < 4.78 is 0. The molecule has 0 radical (unpaired) electrons. The summed E-state index contributed by atoms with van der Waals surface area (Å²) in [6.45, 7) is 1.48. The number of nitro groups is 1. The van der Waals surface area contributed by atoms with Crippen LogP contribution >= 0.6 is 24.0 Å². The smallest absolute Gasteiger partial charge is 0.271 e. The summed E-state index contributed by atoms with van der Waals surface area (Å²) in [7, 11) is 1.68. The van der Waals surface area contributed by atoms with E-state index in [1.165, 1.54) is 18.2 Å². The fraction of sp³-hybridized carbons (Fsp3) is 0.364. The lowest BCUT2D eigenvalue weighted by Gasteiger charge is -2.35. The summed E-state index contributed by atoms with van der Waals surface area (Å²) in [5.74, 6) is -0.257. The Morgan fingerprint density at radius 1 is 1.47 bits per heavy atom. The van der Waals surface area contributed by atoms with Crippen molar-refractivity contribution in [3.63, 3.8) is 0 Å². The summed E-state index contributed by atoms with van der Waals surface area (Å²) in [5, 5.41) is 14.0. The summed E-state index contributed by atoms with van der Waals surface area (Å²) >= 11 is 5.78. The molecule has 0 unspecified atom stereocenters. The molecule has 1 aliphatic rings. The highest BCUT2D eigenvalue weighted by Gasteiger charge is 2.27. The fourth-order valence-electron chi connectivity index (χ4n) is 1.72. The van der Waals surface area contributed by atoms with Gasteiger partial charge >= 0.3 is 0 Å². The van der Waals surface area contributed by atoms with Crippen molar-refractivity contribution in [3.8, 4) is 0 Å². The van der Waals surface area contributed by atoms with Gasteiger partial charge in [-0.05, 0) is 6.07 Å². The summed E-state index contributed by atoms with van der Waals surface area (Å²) in [6.07, 6.45) is 0. The average molecular weight is 306 g/mol. The van der Waals surface area contributed by atoms with Crippen molar-refractivity contribution in [1.82, 2.24) is 10.2 Å². The Morgan fingerprint density at radius 3 is 2.58 bits per heavy atom. The number of non-ortho nitro benzene ring substituents is 1. The van der Waals surface area contributed by atoms with Crippen molar-refractivity contribution in [2.75, 3.05) is 20.1 Å². The van der Waals surface area contributed by atoms with Crippen molar-refractivity contribution in [3.05, 3.63) is 38.9 Å². The second-order valence-corrected chi connectivity index (χ2v) is 4.62. The zero-order valence-electron chi connectivity index (χ0n) is 10.1. The maximum atomic E-state index is 12.1. The first-order chi connectivity index (χ1) is 8.49. The van der Waals surface area contributed by atoms with Gasteiger partial charge in [-0.15, -0.1) is 12.4 Å². The molecule has 1 amide bonds. The van der Waals surface area contributed by atoms with E-state index in [2.05, 4.69) is 5.32 Å². The van der Waals surface area contributed by atoms with Gasteiger partial charge in [-0.3, -0.25) is 14.9 Å². The van der Waals surface area contributed by atoms with E-state index in [4.69, 9.17) is 11.6 Å². The largest absolute Gasteiger partial charge is 0.336 e. The van der Waals surface area contributed by atoms with Crippen LogP contribution in [0, 0.1) is 10.1 Å². The zero-order valence-corrected chi connectivity index (χ0v) is 11.7. The molecule has 1 fully saturated rings. The van der Waals surface area contributed by atoms with E-state index in [0.717, 1.165) is 13.1 Å². The van der Waals surface area contributed by atoms with Gasteiger partial charge in [0.15, 0.2) is 0 Å². The summed E-state index contributed by atoms with van der Waals surface area (Å²) in [6, 6.07) is 4.05. The molecule has 1 aliphatic heterocycles. The molecule has 0 atom stereocenters. The van der Waals surface area contributed by atoms with Crippen LogP contribution in [0.15, 0.2) is 18.2 Å². The molecule has 0 saturated carbocycles. The van der Waals surface area contributed by atoms with Crippen LogP contribution in [0.25, 0.3) is 0 Å². The maximum absolute atomic E-state index is 12.1. The normalized spacial score (nSPS) is 14.2. The number of hydrogen-bond acceptors (Lipinski definition) is 4. The minimum absolute atomic E-state index is 0. The molecule has 0 bridgehead atoms. The van der Waals surface area contributed by atoms with E-state index in [1.54, 1.807) is 11.9 Å². The van der Waals surface area contributed by atoms with Gasteiger partial charge in [-0.25, -0.2) is 0 Å². The van der Waals surface area contributed by atoms with Crippen LogP contribution in [0.4, 0.5) is 5.69 Å². The molecule has 0 aliphatic carbocycles. The van der Waals surface area contributed by atoms with Crippen LogP contribution in [0.1, 0.15) is 10.4 Å². The minimum Gasteiger partial charge on any atom is -0.336 e. The average Bonchev–Trinajstić information content (AvgIpc) is 2.24. The van der Waals surface area contributed by atoms with Crippen LogP contribution in [-0.4, -0.2) is 41.9 Å². The fourth-order valence-corrected chi connectivity index (χ4v) is 1.95. The molecule has 2 rings (SSSR count). The monoisotopic (exact) mass is 305 g/mol. The van der Waals surface area contributed by atoms with E-state index in [9.17, 15) is 14.9 Å². The van der Waals surface area contributed by atoms with Crippen molar-refractivity contribution in [2.24, 2.45) is 0 Å². The Bertz CT molecular complexity index is 506. The number of halogens is 2. The van der Waals surface area contributed by atoms with Gasteiger partial charge in [0.05, 0.1) is 11.0 Å². The molecule has 1 aromatic carbocycles. The third-order valence-electron chi connectivity index (χ3n) is 2.97. The predicted molar refractivity (Wildman–Crippen MR) is 74.1 cm³/mol. The van der Waals surface area contributed by atoms with E-state index in [0.29, 0.717) is 0 Å². The highest BCUT2D eigenvalue weighted by atomic mass is 35.5. The van der Waals surface area contributed by atoms with E-state index < -0.39 is 4.92 Å². The number of carbonyl (C=O) groups is 1. The Labute approximate surface area is 121 Å².